The third-order valence-corrected chi connectivity index (χ3v) is 3.80. The van der Waals surface area contributed by atoms with Gasteiger partial charge in [-0.15, -0.1) is 0 Å². The molecular weight excluding hydrogens is 370 g/mol. The molecule has 9 nitrogen and oxygen atoms in total. The van der Waals surface area contributed by atoms with E-state index >= 15 is 0 Å². The number of methoxy groups -OCH3 is 2. The number of rotatable bonds is 12. The fraction of sp³-hybridized carbons (Fsp3) is 0.474. The Hall–Kier alpha value is -3.10. The van der Waals surface area contributed by atoms with Gasteiger partial charge in [-0.1, -0.05) is 32.4 Å². The Morgan fingerprint density at radius 2 is 1.86 bits per heavy atom. The number of benzene rings is 1. The smallest absolute Gasteiger partial charge is 0.352 e. The maximum Gasteiger partial charge on any atom is 0.352 e. The van der Waals surface area contributed by atoms with Crippen molar-refractivity contribution in [2.24, 2.45) is 0 Å². The van der Waals surface area contributed by atoms with Gasteiger partial charge < -0.3 is 18.9 Å². The Labute approximate surface area is 163 Å². The van der Waals surface area contributed by atoms with Gasteiger partial charge in [-0.2, -0.15) is 0 Å². The summed E-state index contributed by atoms with van der Waals surface area (Å²) in [5, 5.41) is 11.5. The van der Waals surface area contributed by atoms with Crippen LogP contribution in [0.15, 0.2) is 24.8 Å². The summed E-state index contributed by atoms with van der Waals surface area (Å²) < 4.78 is 20.4. The molecule has 0 aromatic heterocycles. The van der Waals surface area contributed by atoms with Gasteiger partial charge in [0.15, 0.2) is 11.5 Å². The van der Waals surface area contributed by atoms with Gasteiger partial charge in [-0.3, -0.25) is 14.9 Å². The number of hydrogen-bond acceptors (Lipinski definition) is 8. The predicted octanol–water partition coefficient (Wildman–Crippen LogP) is 3.51. The van der Waals surface area contributed by atoms with Crippen LogP contribution in [0.2, 0.25) is 0 Å². The van der Waals surface area contributed by atoms with Crippen LogP contribution in [-0.2, 0) is 19.1 Å². The van der Waals surface area contributed by atoms with Crippen LogP contribution in [0.25, 0.3) is 0 Å². The van der Waals surface area contributed by atoms with E-state index in [1.165, 1.54) is 26.4 Å². The second-order valence-corrected chi connectivity index (χ2v) is 5.77. The predicted molar refractivity (Wildman–Crippen MR) is 100 cm³/mol. The fourth-order valence-corrected chi connectivity index (χ4v) is 2.42. The Morgan fingerprint density at radius 3 is 2.39 bits per heavy atom. The number of unbranched alkanes of at least 4 members (excludes halogenated alkanes) is 2. The van der Waals surface area contributed by atoms with Gasteiger partial charge in [0.05, 0.1) is 30.8 Å². The highest BCUT2D eigenvalue weighted by Gasteiger charge is 2.34. The summed E-state index contributed by atoms with van der Waals surface area (Å²) in [6, 6.07) is 2.34. The summed E-state index contributed by atoms with van der Waals surface area (Å²) in [7, 11) is 2.67. The van der Waals surface area contributed by atoms with Crippen LogP contribution in [-0.4, -0.2) is 37.7 Å². The first-order chi connectivity index (χ1) is 13.4. The molecule has 0 radical (unpaired) electrons. The summed E-state index contributed by atoms with van der Waals surface area (Å²) in [4.78, 5) is 35.4. The van der Waals surface area contributed by atoms with Crippen LogP contribution in [0.1, 0.15) is 44.3 Å². The van der Waals surface area contributed by atoms with Crippen molar-refractivity contribution in [1.82, 2.24) is 0 Å². The van der Waals surface area contributed by atoms with Crippen molar-refractivity contribution in [2.75, 3.05) is 20.8 Å². The summed E-state index contributed by atoms with van der Waals surface area (Å²) >= 11 is 0. The zero-order valence-electron chi connectivity index (χ0n) is 16.3. The van der Waals surface area contributed by atoms with E-state index in [9.17, 15) is 19.7 Å². The normalized spacial score (nSPS) is 11.2. The highest BCUT2D eigenvalue weighted by Crippen LogP contribution is 2.39. The fourth-order valence-electron chi connectivity index (χ4n) is 2.42. The van der Waals surface area contributed by atoms with Crippen LogP contribution in [0.3, 0.4) is 0 Å². The molecule has 0 aliphatic rings. The lowest BCUT2D eigenvalue weighted by molar-refractivity contribution is -0.386. The highest BCUT2D eigenvalue weighted by atomic mass is 16.6. The van der Waals surface area contributed by atoms with E-state index < -0.39 is 28.7 Å². The summed E-state index contributed by atoms with van der Waals surface area (Å²) in [6.45, 7) is 5.29. The van der Waals surface area contributed by atoms with Gasteiger partial charge in [0, 0.05) is 6.42 Å². The lowest BCUT2D eigenvalue weighted by Gasteiger charge is -2.18. The first-order valence-electron chi connectivity index (χ1n) is 8.76. The van der Waals surface area contributed by atoms with Crippen LogP contribution >= 0.6 is 0 Å². The quantitative estimate of drug-likeness (QED) is 0.174. The first kappa shape index (κ1) is 22.9. The lowest BCUT2D eigenvalue weighted by atomic mass is 10.1. The molecule has 1 unspecified atom stereocenters. The van der Waals surface area contributed by atoms with Crippen molar-refractivity contribution in [1.29, 1.82) is 0 Å². The molecule has 0 aliphatic heterocycles. The van der Waals surface area contributed by atoms with E-state index in [4.69, 9.17) is 18.9 Å². The van der Waals surface area contributed by atoms with E-state index in [1.807, 2.05) is 6.92 Å². The standard InChI is InChI=1S/C19H25NO8/c1-5-7-8-9-17(21)28-18(19(22)27-10-6-2)13-11-15(25-3)16(26-4)12-14(13)20(23)24/h6,11-12,18H,2,5,7-10H2,1,3-4H3. The number of esters is 2. The van der Waals surface area contributed by atoms with Gasteiger partial charge in [0.25, 0.3) is 5.69 Å². The number of carbonyl (C=O) groups excluding carboxylic acids is 2. The summed E-state index contributed by atoms with van der Waals surface area (Å²) in [6.07, 6.45) is 2.10. The van der Waals surface area contributed by atoms with E-state index in [1.54, 1.807) is 0 Å². The van der Waals surface area contributed by atoms with Gasteiger partial charge in [0.1, 0.15) is 6.61 Å². The molecule has 28 heavy (non-hydrogen) atoms. The van der Waals surface area contributed by atoms with Gasteiger partial charge in [-0.25, -0.2) is 4.79 Å². The summed E-state index contributed by atoms with van der Waals surface area (Å²) in [5.74, 6) is -1.35. The molecular formula is C19H25NO8. The highest BCUT2D eigenvalue weighted by molar-refractivity contribution is 5.82. The van der Waals surface area contributed by atoms with Crippen molar-refractivity contribution in [3.05, 3.63) is 40.5 Å². The average molecular weight is 395 g/mol. The van der Waals surface area contributed by atoms with Crippen molar-refractivity contribution in [3.8, 4) is 11.5 Å². The first-order valence-corrected chi connectivity index (χ1v) is 8.76. The SMILES string of the molecule is C=CCOC(=O)C(OC(=O)CCCCC)c1cc(OC)c(OC)cc1[N+](=O)[O-]. The average Bonchev–Trinajstić information content (AvgIpc) is 2.69. The van der Waals surface area contributed by atoms with Crippen molar-refractivity contribution >= 4 is 17.6 Å². The third kappa shape index (κ3) is 6.26. The van der Waals surface area contributed by atoms with Crippen LogP contribution < -0.4 is 9.47 Å². The van der Waals surface area contributed by atoms with Crippen molar-refractivity contribution < 1.29 is 33.5 Å². The number of ether oxygens (including phenoxy) is 4. The van der Waals surface area contributed by atoms with Crippen LogP contribution in [0.4, 0.5) is 5.69 Å². The molecule has 0 spiro atoms. The Bertz CT molecular complexity index is 716. The molecule has 0 saturated heterocycles. The minimum atomic E-state index is -1.62. The largest absolute Gasteiger partial charge is 0.493 e. The zero-order valence-corrected chi connectivity index (χ0v) is 16.3. The zero-order chi connectivity index (χ0) is 21.1. The second-order valence-electron chi connectivity index (χ2n) is 5.77. The van der Waals surface area contributed by atoms with Crippen LogP contribution in [0, 0.1) is 10.1 Å². The molecule has 0 heterocycles. The second kappa shape index (κ2) is 11.6. The van der Waals surface area contributed by atoms with E-state index in [0.717, 1.165) is 18.9 Å². The third-order valence-electron chi connectivity index (χ3n) is 3.80. The van der Waals surface area contributed by atoms with Gasteiger partial charge >= 0.3 is 11.9 Å². The molecule has 1 aromatic carbocycles. The Kier molecular flexibility index (Phi) is 9.49. The maximum absolute atomic E-state index is 12.5. The monoisotopic (exact) mass is 395 g/mol. The molecule has 0 saturated carbocycles. The minimum absolute atomic E-state index is 0.0835. The van der Waals surface area contributed by atoms with Gasteiger partial charge in [0.2, 0.25) is 6.10 Å². The Morgan fingerprint density at radius 1 is 1.21 bits per heavy atom. The number of nitro groups is 1. The molecule has 0 fully saturated rings. The molecule has 1 atom stereocenters. The molecule has 0 amide bonds. The van der Waals surface area contributed by atoms with E-state index in [2.05, 4.69) is 6.58 Å². The molecule has 1 rings (SSSR count). The van der Waals surface area contributed by atoms with Crippen molar-refractivity contribution in [3.63, 3.8) is 0 Å². The number of carbonyl (C=O) groups is 2. The molecule has 0 aliphatic carbocycles. The van der Waals surface area contributed by atoms with E-state index in [-0.39, 0.29) is 30.1 Å². The lowest BCUT2D eigenvalue weighted by Crippen LogP contribution is -2.23. The minimum Gasteiger partial charge on any atom is -0.493 e. The molecule has 0 bridgehead atoms. The molecule has 1 aromatic rings. The number of hydrogen-bond donors (Lipinski definition) is 0. The van der Waals surface area contributed by atoms with E-state index in [0.29, 0.717) is 6.42 Å². The number of nitrogens with zero attached hydrogens (tertiary/aromatic N) is 1. The number of nitro benzene ring substituents is 1. The van der Waals surface area contributed by atoms with Crippen LogP contribution in [0.5, 0.6) is 11.5 Å². The molecule has 9 heteroatoms. The summed E-state index contributed by atoms with van der Waals surface area (Å²) in [5.41, 5.74) is -0.625. The maximum atomic E-state index is 12.5. The topological polar surface area (TPSA) is 114 Å². The van der Waals surface area contributed by atoms with Crippen molar-refractivity contribution in [2.45, 2.75) is 38.7 Å². The van der Waals surface area contributed by atoms with Gasteiger partial charge in [-0.05, 0) is 12.5 Å². The molecule has 154 valence electrons. The molecule has 0 N–H and O–H groups in total. The Balaban J connectivity index is 3.34.